The lowest BCUT2D eigenvalue weighted by molar-refractivity contribution is -0.187. The minimum Gasteiger partial charge on any atom is -0.394 e. The van der Waals surface area contributed by atoms with E-state index in [1.165, 1.54) is 0 Å². The third-order valence-corrected chi connectivity index (χ3v) is 3.79. The normalized spacial score (nSPS) is 28.1. The molecule has 0 aromatic heterocycles. The Morgan fingerprint density at radius 3 is 2.53 bits per heavy atom. The summed E-state index contributed by atoms with van der Waals surface area (Å²) in [6.45, 7) is -0.283. The van der Waals surface area contributed by atoms with Crippen molar-refractivity contribution >= 4 is 5.69 Å². The van der Waals surface area contributed by atoms with E-state index in [0.29, 0.717) is 12.8 Å². The van der Waals surface area contributed by atoms with Crippen LogP contribution in [0.15, 0.2) is 30.3 Å². The van der Waals surface area contributed by atoms with Crippen LogP contribution < -0.4 is 5.32 Å². The van der Waals surface area contributed by atoms with Crippen molar-refractivity contribution in [3.8, 4) is 0 Å². The molecule has 2 nitrogen and oxygen atoms in total. The summed E-state index contributed by atoms with van der Waals surface area (Å²) in [5.41, 5.74) is -0.112. The molecule has 2 unspecified atom stereocenters. The lowest BCUT2D eigenvalue weighted by atomic mass is 9.75. The maximum absolute atomic E-state index is 12.9. The number of hydrogen-bond donors (Lipinski definition) is 2. The molecule has 0 amide bonds. The molecule has 0 spiro atoms. The highest BCUT2D eigenvalue weighted by Crippen LogP contribution is 2.42. The Balaban J connectivity index is 2.13. The smallest absolute Gasteiger partial charge is 0.391 e. The molecule has 106 valence electrons. The second-order valence-corrected chi connectivity index (χ2v) is 5.26. The number of anilines is 1. The van der Waals surface area contributed by atoms with E-state index in [1.807, 2.05) is 18.2 Å². The number of alkyl halides is 3. The average molecular weight is 273 g/mol. The number of nitrogens with one attached hydrogen (secondary N) is 1. The summed E-state index contributed by atoms with van der Waals surface area (Å²) >= 11 is 0. The summed E-state index contributed by atoms with van der Waals surface area (Å²) in [5.74, 6) is -1.33. The van der Waals surface area contributed by atoms with Crippen LogP contribution >= 0.6 is 0 Å². The van der Waals surface area contributed by atoms with Gasteiger partial charge in [-0.3, -0.25) is 0 Å². The van der Waals surface area contributed by atoms with E-state index in [1.54, 1.807) is 12.1 Å². The number of halogens is 3. The Morgan fingerprint density at radius 2 is 1.95 bits per heavy atom. The van der Waals surface area contributed by atoms with Crippen LogP contribution in [0.2, 0.25) is 0 Å². The largest absolute Gasteiger partial charge is 0.394 e. The molecule has 0 saturated heterocycles. The van der Waals surface area contributed by atoms with Gasteiger partial charge in [0.1, 0.15) is 0 Å². The van der Waals surface area contributed by atoms with Crippen LogP contribution in [-0.2, 0) is 0 Å². The Morgan fingerprint density at radius 1 is 1.26 bits per heavy atom. The Kier molecular flexibility index (Phi) is 4.04. The van der Waals surface area contributed by atoms with Gasteiger partial charge in [0.25, 0.3) is 0 Å². The predicted molar refractivity (Wildman–Crippen MR) is 67.9 cm³/mol. The summed E-state index contributed by atoms with van der Waals surface area (Å²) in [6, 6.07) is 9.08. The predicted octanol–water partition coefficient (Wildman–Crippen LogP) is 3.58. The zero-order valence-corrected chi connectivity index (χ0v) is 10.6. The second-order valence-electron chi connectivity index (χ2n) is 5.26. The lowest BCUT2D eigenvalue weighted by Crippen LogP contribution is -2.48. The first-order chi connectivity index (χ1) is 8.95. The quantitative estimate of drug-likeness (QED) is 0.882. The van der Waals surface area contributed by atoms with E-state index in [9.17, 15) is 18.3 Å². The van der Waals surface area contributed by atoms with Crippen molar-refractivity contribution in [2.45, 2.75) is 37.4 Å². The van der Waals surface area contributed by atoms with Crippen LogP contribution in [0.5, 0.6) is 0 Å². The van der Waals surface area contributed by atoms with E-state index >= 15 is 0 Å². The molecule has 1 aromatic rings. The number of aliphatic hydroxyl groups excluding tert-OH is 1. The van der Waals surface area contributed by atoms with E-state index in [-0.39, 0.29) is 19.4 Å². The van der Waals surface area contributed by atoms with Crippen LogP contribution in [0.3, 0.4) is 0 Å². The number of aliphatic hydroxyl groups is 1. The average Bonchev–Trinajstić information content (AvgIpc) is 2.39. The summed E-state index contributed by atoms with van der Waals surface area (Å²) in [5, 5.41) is 12.7. The van der Waals surface area contributed by atoms with Gasteiger partial charge in [-0.15, -0.1) is 0 Å². The molecule has 1 fully saturated rings. The van der Waals surface area contributed by atoms with Gasteiger partial charge in [0.2, 0.25) is 0 Å². The zero-order valence-electron chi connectivity index (χ0n) is 10.6. The van der Waals surface area contributed by atoms with E-state index in [0.717, 1.165) is 5.69 Å². The Labute approximate surface area is 110 Å². The summed E-state index contributed by atoms with van der Waals surface area (Å²) in [6.07, 6.45) is -3.06. The highest BCUT2D eigenvalue weighted by atomic mass is 19.4. The fraction of sp³-hybridized carbons (Fsp3) is 0.571. The van der Waals surface area contributed by atoms with Crippen LogP contribution in [-0.4, -0.2) is 23.4 Å². The van der Waals surface area contributed by atoms with Crippen LogP contribution in [0.4, 0.5) is 18.9 Å². The van der Waals surface area contributed by atoms with Crippen LogP contribution in [0.25, 0.3) is 0 Å². The minimum atomic E-state index is -4.18. The fourth-order valence-electron chi connectivity index (χ4n) is 2.77. The molecule has 1 saturated carbocycles. The van der Waals surface area contributed by atoms with Crippen molar-refractivity contribution in [2.75, 3.05) is 11.9 Å². The molecule has 1 aliphatic rings. The van der Waals surface area contributed by atoms with Crippen LogP contribution in [0.1, 0.15) is 25.7 Å². The Bertz CT molecular complexity index is 407. The summed E-state index contributed by atoms with van der Waals surface area (Å²) in [7, 11) is 0. The van der Waals surface area contributed by atoms with Gasteiger partial charge in [0.05, 0.1) is 18.1 Å². The molecule has 0 aliphatic heterocycles. The van der Waals surface area contributed by atoms with E-state index in [4.69, 9.17) is 0 Å². The first-order valence-corrected chi connectivity index (χ1v) is 6.46. The standard InChI is InChI=1S/C14H18F3NO/c15-14(16,17)11-5-4-8-13(9-11,10-19)18-12-6-2-1-3-7-12/h1-3,6-7,11,18-19H,4-5,8-10H2. The molecule has 19 heavy (non-hydrogen) atoms. The summed E-state index contributed by atoms with van der Waals surface area (Å²) in [4.78, 5) is 0. The molecular weight excluding hydrogens is 255 g/mol. The topological polar surface area (TPSA) is 32.3 Å². The first kappa shape index (κ1) is 14.2. The number of benzene rings is 1. The number of para-hydroxylation sites is 1. The minimum absolute atomic E-state index is 0.0676. The fourth-order valence-corrected chi connectivity index (χ4v) is 2.77. The van der Waals surface area contributed by atoms with Gasteiger partial charge in [0.15, 0.2) is 0 Å². The zero-order chi connectivity index (χ0) is 13.9. The van der Waals surface area contributed by atoms with Crippen molar-refractivity contribution < 1.29 is 18.3 Å². The van der Waals surface area contributed by atoms with Gasteiger partial charge in [-0.1, -0.05) is 24.6 Å². The maximum atomic E-state index is 12.9. The van der Waals surface area contributed by atoms with Crippen molar-refractivity contribution in [1.82, 2.24) is 0 Å². The lowest BCUT2D eigenvalue weighted by Gasteiger charge is -2.41. The SMILES string of the molecule is OCC1(Nc2ccccc2)CCCC(C(F)(F)F)C1. The Hall–Kier alpha value is -1.23. The van der Waals surface area contributed by atoms with Gasteiger partial charge >= 0.3 is 6.18 Å². The van der Waals surface area contributed by atoms with Gasteiger partial charge in [-0.05, 0) is 31.4 Å². The third-order valence-electron chi connectivity index (χ3n) is 3.79. The molecule has 0 heterocycles. The highest BCUT2D eigenvalue weighted by molar-refractivity contribution is 5.45. The van der Waals surface area contributed by atoms with E-state index < -0.39 is 17.6 Å². The van der Waals surface area contributed by atoms with Gasteiger partial charge in [-0.2, -0.15) is 13.2 Å². The van der Waals surface area contributed by atoms with Gasteiger partial charge in [-0.25, -0.2) is 0 Å². The molecule has 2 atom stereocenters. The third kappa shape index (κ3) is 3.41. The molecule has 2 N–H and O–H groups in total. The van der Waals surface area contributed by atoms with Crippen molar-refractivity contribution in [3.05, 3.63) is 30.3 Å². The molecular formula is C14H18F3NO. The van der Waals surface area contributed by atoms with Gasteiger partial charge < -0.3 is 10.4 Å². The van der Waals surface area contributed by atoms with E-state index in [2.05, 4.69) is 5.32 Å². The number of hydrogen-bond acceptors (Lipinski definition) is 2. The maximum Gasteiger partial charge on any atom is 0.391 e. The molecule has 5 heteroatoms. The molecule has 0 bridgehead atoms. The molecule has 1 aromatic carbocycles. The first-order valence-electron chi connectivity index (χ1n) is 6.46. The highest BCUT2D eigenvalue weighted by Gasteiger charge is 2.47. The van der Waals surface area contributed by atoms with Crippen molar-refractivity contribution in [3.63, 3.8) is 0 Å². The summed E-state index contributed by atoms with van der Waals surface area (Å²) < 4.78 is 38.6. The monoisotopic (exact) mass is 273 g/mol. The molecule has 1 aliphatic carbocycles. The number of rotatable bonds is 3. The van der Waals surface area contributed by atoms with Crippen molar-refractivity contribution in [1.29, 1.82) is 0 Å². The molecule has 0 radical (unpaired) electrons. The van der Waals surface area contributed by atoms with Crippen molar-refractivity contribution in [2.24, 2.45) is 5.92 Å². The second kappa shape index (κ2) is 5.41. The van der Waals surface area contributed by atoms with Crippen LogP contribution in [0, 0.1) is 5.92 Å². The molecule has 2 rings (SSSR count). The van der Waals surface area contributed by atoms with Gasteiger partial charge in [0, 0.05) is 5.69 Å².